The van der Waals surface area contributed by atoms with E-state index in [1.807, 2.05) is 12.1 Å². The summed E-state index contributed by atoms with van der Waals surface area (Å²) in [6, 6.07) is 17.6. The first-order valence-corrected chi connectivity index (χ1v) is 12.2. The Bertz CT molecular complexity index is 1030. The minimum atomic E-state index is 0.0709. The van der Waals surface area contributed by atoms with E-state index in [4.69, 9.17) is 0 Å². The van der Waals surface area contributed by atoms with Gasteiger partial charge in [-0.1, -0.05) is 31.0 Å². The number of fused-ring (bicyclic) bond motifs is 1. The maximum Gasteiger partial charge on any atom is 0.251 e. The van der Waals surface area contributed by atoms with Gasteiger partial charge in [0.25, 0.3) is 5.91 Å². The summed E-state index contributed by atoms with van der Waals surface area (Å²) < 4.78 is 0. The van der Waals surface area contributed by atoms with E-state index in [2.05, 4.69) is 63.1 Å². The Morgan fingerprint density at radius 3 is 2.47 bits per heavy atom. The largest absolute Gasteiger partial charge is 0.371 e. The van der Waals surface area contributed by atoms with Gasteiger partial charge < -0.3 is 20.5 Å². The smallest absolute Gasteiger partial charge is 0.251 e. The predicted molar refractivity (Wildman–Crippen MR) is 131 cm³/mol. The molecular weight excluding hydrogens is 396 g/mol. The van der Waals surface area contributed by atoms with Gasteiger partial charge in [-0.15, -0.1) is 0 Å². The highest BCUT2D eigenvalue weighted by Crippen LogP contribution is 2.22. The van der Waals surface area contributed by atoms with Crippen molar-refractivity contribution in [3.8, 4) is 0 Å². The summed E-state index contributed by atoms with van der Waals surface area (Å²) >= 11 is 0. The third-order valence-corrected chi connectivity index (χ3v) is 7.18. The van der Waals surface area contributed by atoms with Crippen molar-refractivity contribution in [2.45, 2.75) is 57.0 Å². The van der Waals surface area contributed by atoms with E-state index in [9.17, 15) is 4.79 Å². The Morgan fingerprint density at radius 1 is 0.938 bits per heavy atom. The highest BCUT2D eigenvalue weighted by atomic mass is 16.1. The fraction of sp³-hybridized carbons (Fsp3) is 0.444. The first kappa shape index (κ1) is 21.1. The van der Waals surface area contributed by atoms with Gasteiger partial charge in [0.1, 0.15) is 0 Å². The lowest BCUT2D eigenvalue weighted by atomic mass is 10.0. The molecule has 3 N–H and O–H groups in total. The van der Waals surface area contributed by atoms with Gasteiger partial charge >= 0.3 is 0 Å². The number of hydrogen-bond acceptors (Lipinski definition) is 3. The van der Waals surface area contributed by atoms with Crippen LogP contribution in [0, 0.1) is 0 Å². The minimum Gasteiger partial charge on any atom is -0.371 e. The molecule has 2 fully saturated rings. The molecule has 0 spiro atoms. The monoisotopic (exact) mass is 430 g/mol. The van der Waals surface area contributed by atoms with Crippen molar-refractivity contribution < 1.29 is 4.79 Å². The Balaban J connectivity index is 1.07. The number of aromatic amines is 1. The highest BCUT2D eigenvalue weighted by molar-refractivity contribution is 5.94. The molecule has 1 aromatic heterocycles. The summed E-state index contributed by atoms with van der Waals surface area (Å²) in [5.41, 5.74) is 4.61. The predicted octanol–water partition coefficient (Wildman–Crippen LogP) is 4.64. The molecule has 1 aliphatic carbocycles. The molecule has 5 heteroatoms. The standard InChI is InChI=1S/C27H34N4O/c32-27(30-23-5-1-2-6-23)20-9-11-24(12-10-20)31-17-14-22(15-18-31)28-16-13-21-19-29-26-8-4-3-7-25(21)26/h3-4,7-12,19,22-23,28-29H,1-2,5-6,13-18H2,(H,30,32). The van der Waals surface area contributed by atoms with Crippen molar-refractivity contribution in [3.63, 3.8) is 0 Å². The second-order valence-corrected chi connectivity index (χ2v) is 9.33. The number of hydrogen-bond donors (Lipinski definition) is 3. The number of nitrogens with zero attached hydrogens (tertiary/aromatic N) is 1. The maximum absolute atomic E-state index is 12.5. The van der Waals surface area contributed by atoms with Crippen LogP contribution in [0.25, 0.3) is 10.9 Å². The van der Waals surface area contributed by atoms with Crippen molar-refractivity contribution in [2.24, 2.45) is 0 Å². The Hall–Kier alpha value is -2.79. The van der Waals surface area contributed by atoms with Crippen LogP contribution in [-0.2, 0) is 6.42 Å². The van der Waals surface area contributed by atoms with Crippen LogP contribution in [-0.4, -0.2) is 42.6 Å². The number of carbonyl (C=O) groups excluding carboxylic acids is 1. The zero-order valence-corrected chi connectivity index (χ0v) is 18.8. The Labute approximate surface area is 190 Å². The average Bonchev–Trinajstić information content (AvgIpc) is 3.50. The van der Waals surface area contributed by atoms with Gasteiger partial charge in [0, 0.05) is 53.5 Å². The number of nitrogens with one attached hydrogen (secondary N) is 3. The van der Waals surface area contributed by atoms with Crippen LogP contribution in [0.1, 0.15) is 54.4 Å². The van der Waals surface area contributed by atoms with Crippen LogP contribution in [0.3, 0.4) is 0 Å². The molecule has 1 amide bonds. The van der Waals surface area contributed by atoms with Crippen molar-refractivity contribution in [2.75, 3.05) is 24.5 Å². The van der Waals surface area contributed by atoms with Gasteiger partial charge in [-0.05, 0) is 74.5 Å². The first-order chi connectivity index (χ1) is 15.8. The average molecular weight is 431 g/mol. The molecule has 2 aliphatic rings. The number of para-hydroxylation sites is 1. The lowest BCUT2D eigenvalue weighted by molar-refractivity contribution is 0.0938. The summed E-state index contributed by atoms with van der Waals surface area (Å²) in [5, 5.41) is 8.28. The van der Waals surface area contributed by atoms with Crippen LogP contribution in [0.2, 0.25) is 0 Å². The fourth-order valence-electron chi connectivity index (χ4n) is 5.25. The van der Waals surface area contributed by atoms with Gasteiger partial charge in [-0.2, -0.15) is 0 Å². The van der Waals surface area contributed by atoms with Crippen LogP contribution >= 0.6 is 0 Å². The van der Waals surface area contributed by atoms with E-state index < -0.39 is 0 Å². The molecular formula is C27H34N4O. The van der Waals surface area contributed by atoms with Crippen LogP contribution in [0.4, 0.5) is 5.69 Å². The molecule has 1 aliphatic heterocycles. The molecule has 3 aromatic rings. The molecule has 2 aromatic carbocycles. The first-order valence-electron chi connectivity index (χ1n) is 12.2. The molecule has 0 radical (unpaired) electrons. The molecule has 0 bridgehead atoms. The van der Waals surface area contributed by atoms with E-state index >= 15 is 0 Å². The van der Waals surface area contributed by atoms with Gasteiger partial charge in [0.15, 0.2) is 0 Å². The molecule has 5 nitrogen and oxygen atoms in total. The van der Waals surface area contributed by atoms with Crippen molar-refractivity contribution in [3.05, 3.63) is 65.9 Å². The van der Waals surface area contributed by atoms with Crippen LogP contribution in [0.15, 0.2) is 54.7 Å². The maximum atomic E-state index is 12.5. The number of carbonyl (C=O) groups is 1. The Kier molecular flexibility index (Phi) is 6.44. The van der Waals surface area contributed by atoms with Gasteiger partial charge in [0.2, 0.25) is 0 Å². The number of benzene rings is 2. The van der Waals surface area contributed by atoms with Gasteiger partial charge in [0.05, 0.1) is 0 Å². The lowest BCUT2D eigenvalue weighted by Gasteiger charge is -2.34. The number of anilines is 1. The zero-order valence-electron chi connectivity index (χ0n) is 18.8. The summed E-state index contributed by atoms with van der Waals surface area (Å²) in [6.07, 6.45) is 10.2. The number of H-pyrrole nitrogens is 1. The number of amides is 1. The van der Waals surface area contributed by atoms with E-state index in [0.717, 1.165) is 57.3 Å². The van der Waals surface area contributed by atoms with Crippen molar-refractivity contribution in [1.82, 2.24) is 15.6 Å². The van der Waals surface area contributed by atoms with Gasteiger partial charge in [-0.3, -0.25) is 4.79 Å². The van der Waals surface area contributed by atoms with E-state index in [1.54, 1.807) is 0 Å². The molecule has 0 unspecified atom stereocenters. The molecule has 2 heterocycles. The second kappa shape index (κ2) is 9.78. The van der Waals surface area contributed by atoms with Gasteiger partial charge in [-0.25, -0.2) is 0 Å². The molecule has 5 rings (SSSR count). The Morgan fingerprint density at radius 2 is 1.69 bits per heavy atom. The normalized spacial score (nSPS) is 17.8. The van der Waals surface area contributed by atoms with Crippen LogP contribution < -0.4 is 15.5 Å². The SMILES string of the molecule is O=C(NC1CCCC1)c1ccc(N2CCC(NCCc3c[nH]c4ccccc34)CC2)cc1. The summed E-state index contributed by atoms with van der Waals surface area (Å²) in [7, 11) is 0. The number of rotatable bonds is 7. The third-order valence-electron chi connectivity index (χ3n) is 7.18. The van der Waals surface area contributed by atoms with E-state index in [0.29, 0.717) is 12.1 Å². The molecule has 32 heavy (non-hydrogen) atoms. The number of aromatic nitrogens is 1. The quantitative estimate of drug-likeness (QED) is 0.512. The summed E-state index contributed by atoms with van der Waals surface area (Å²) in [4.78, 5) is 18.3. The second-order valence-electron chi connectivity index (χ2n) is 9.33. The number of piperidine rings is 1. The topological polar surface area (TPSA) is 60.2 Å². The molecule has 1 saturated heterocycles. The summed E-state index contributed by atoms with van der Waals surface area (Å²) in [5.74, 6) is 0.0709. The van der Waals surface area contributed by atoms with Crippen molar-refractivity contribution >= 4 is 22.5 Å². The molecule has 0 atom stereocenters. The lowest BCUT2D eigenvalue weighted by Crippen LogP contribution is -2.43. The van der Waals surface area contributed by atoms with Crippen LogP contribution in [0.5, 0.6) is 0 Å². The molecule has 1 saturated carbocycles. The highest BCUT2D eigenvalue weighted by Gasteiger charge is 2.20. The summed E-state index contributed by atoms with van der Waals surface area (Å²) in [6.45, 7) is 3.12. The van der Waals surface area contributed by atoms with E-state index in [-0.39, 0.29) is 5.91 Å². The minimum absolute atomic E-state index is 0.0709. The third kappa shape index (κ3) is 4.83. The molecule has 168 valence electrons. The van der Waals surface area contributed by atoms with E-state index in [1.165, 1.54) is 35.0 Å². The zero-order chi connectivity index (χ0) is 21.8. The fourth-order valence-corrected chi connectivity index (χ4v) is 5.25. The van der Waals surface area contributed by atoms with Crippen molar-refractivity contribution in [1.29, 1.82) is 0 Å².